The number of aryl methyl sites for hydroxylation is 1. The molecule has 0 aliphatic rings. The number of fused-ring (bicyclic) bond motifs is 1. The summed E-state index contributed by atoms with van der Waals surface area (Å²) in [4.78, 5) is 36.3. The van der Waals surface area contributed by atoms with E-state index in [2.05, 4.69) is 16.0 Å². The summed E-state index contributed by atoms with van der Waals surface area (Å²) in [6.07, 6.45) is 2.67. The van der Waals surface area contributed by atoms with Gasteiger partial charge in [-0.15, -0.1) is 0 Å². The fourth-order valence-electron chi connectivity index (χ4n) is 2.43. The van der Waals surface area contributed by atoms with Crippen LogP contribution in [-0.4, -0.2) is 21.6 Å². The van der Waals surface area contributed by atoms with Crippen LogP contribution in [-0.2, 0) is 11.8 Å². The lowest BCUT2D eigenvalue weighted by Gasteiger charge is -2.09. The van der Waals surface area contributed by atoms with Crippen LogP contribution >= 0.6 is 0 Å². The number of nitrogens with one attached hydrogen (secondary N) is 2. The molecule has 0 bridgehead atoms. The van der Waals surface area contributed by atoms with Crippen LogP contribution in [0.25, 0.3) is 16.8 Å². The van der Waals surface area contributed by atoms with Crippen LogP contribution in [0.1, 0.15) is 16.1 Å². The minimum atomic E-state index is -0.662. The predicted octanol–water partition coefficient (Wildman–Crippen LogP) is 1.55. The summed E-state index contributed by atoms with van der Waals surface area (Å²) in [5, 5.41) is 4.70. The Morgan fingerprint density at radius 3 is 2.41 bits per heavy atom. The van der Waals surface area contributed by atoms with Crippen molar-refractivity contribution in [3.8, 4) is 0 Å². The molecule has 8 heteroatoms. The molecule has 0 spiro atoms. The standard InChI is InChI=1S/C19H15FN4O3/c1-24-19(27)15-5-3-2-4-14(15)17(23-24)18(26)22-21-16(25)11-8-12-6-9-13(20)10-7-12/h2-11H,1H3,(H,21,25)(H,22,26). The maximum Gasteiger partial charge on any atom is 0.290 e. The highest BCUT2D eigenvalue weighted by molar-refractivity contribution is 6.05. The molecular weight excluding hydrogens is 351 g/mol. The van der Waals surface area contributed by atoms with Crippen molar-refractivity contribution in [2.24, 2.45) is 7.05 Å². The van der Waals surface area contributed by atoms with Gasteiger partial charge in [-0.1, -0.05) is 30.3 Å². The third-order valence-electron chi connectivity index (χ3n) is 3.77. The van der Waals surface area contributed by atoms with Crippen molar-refractivity contribution in [1.29, 1.82) is 0 Å². The van der Waals surface area contributed by atoms with Crippen LogP contribution < -0.4 is 16.4 Å². The van der Waals surface area contributed by atoms with Gasteiger partial charge in [0.05, 0.1) is 5.39 Å². The van der Waals surface area contributed by atoms with E-state index in [4.69, 9.17) is 0 Å². The summed E-state index contributed by atoms with van der Waals surface area (Å²) in [6, 6.07) is 12.1. The number of hydrogen-bond donors (Lipinski definition) is 2. The van der Waals surface area contributed by atoms with Gasteiger partial charge in [0.15, 0.2) is 5.69 Å². The van der Waals surface area contributed by atoms with E-state index in [0.29, 0.717) is 16.3 Å². The van der Waals surface area contributed by atoms with Crippen LogP contribution in [0, 0.1) is 5.82 Å². The number of nitrogens with zero attached hydrogens (tertiary/aromatic N) is 2. The Kier molecular flexibility index (Phi) is 5.07. The van der Waals surface area contributed by atoms with Gasteiger partial charge in [-0.25, -0.2) is 9.07 Å². The number of amides is 2. The largest absolute Gasteiger partial charge is 0.290 e. The van der Waals surface area contributed by atoms with Gasteiger partial charge in [0.1, 0.15) is 5.82 Å². The summed E-state index contributed by atoms with van der Waals surface area (Å²) < 4.78 is 13.9. The molecule has 27 heavy (non-hydrogen) atoms. The third kappa shape index (κ3) is 4.06. The SMILES string of the molecule is Cn1nc(C(=O)NNC(=O)C=Cc2ccc(F)cc2)c2ccccc2c1=O. The Labute approximate surface area is 153 Å². The minimum Gasteiger partial charge on any atom is -0.268 e. The zero-order valence-electron chi connectivity index (χ0n) is 14.3. The van der Waals surface area contributed by atoms with Crippen molar-refractivity contribution in [1.82, 2.24) is 20.6 Å². The number of aromatic nitrogens is 2. The monoisotopic (exact) mass is 366 g/mol. The van der Waals surface area contributed by atoms with Crippen LogP contribution in [0.4, 0.5) is 4.39 Å². The van der Waals surface area contributed by atoms with Crippen molar-refractivity contribution in [2.75, 3.05) is 0 Å². The van der Waals surface area contributed by atoms with Gasteiger partial charge >= 0.3 is 0 Å². The first-order valence-electron chi connectivity index (χ1n) is 7.96. The molecule has 1 heterocycles. The topological polar surface area (TPSA) is 93.1 Å². The first-order valence-corrected chi connectivity index (χ1v) is 7.96. The highest BCUT2D eigenvalue weighted by Gasteiger charge is 2.15. The van der Waals surface area contributed by atoms with Crippen molar-refractivity contribution in [3.05, 3.63) is 82.0 Å². The number of carbonyl (C=O) groups excluding carboxylic acids is 2. The summed E-state index contributed by atoms with van der Waals surface area (Å²) in [5.41, 5.74) is 4.80. The van der Waals surface area contributed by atoms with Crippen LogP contribution in [0.2, 0.25) is 0 Å². The molecule has 0 fully saturated rings. The van der Waals surface area contributed by atoms with Gasteiger partial charge in [-0.05, 0) is 29.8 Å². The number of rotatable bonds is 3. The van der Waals surface area contributed by atoms with E-state index in [0.717, 1.165) is 4.68 Å². The molecular formula is C19H15FN4O3. The van der Waals surface area contributed by atoms with E-state index in [1.165, 1.54) is 43.5 Å². The molecule has 0 radical (unpaired) electrons. The fraction of sp³-hybridized carbons (Fsp3) is 0.0526. The number of halogens is 1. The number of carbonyl (C=O) groups is 2. The van der Waals surface area contributed by atoms with Crippen molar-refractivity contribution in [2.45, 2.75) is 0 Å². The van der Waals surface area contributed by atoms with Crippen molar-refractivity contribution >= 4 is 28.7 Å². The molecule has 0 unspecified atom stereocenters. The second kappa shape index (κ2) is 7.61. The van der Waals surface area contributed by atoms with Crippen LogP contribution in [0.15, 0.2) is 59.4 Å². The molecule has 136 valence electrons. The molecule has 0 saturated heterocycles. The molecule has 2 N–H and O–H groups in total. The molecule has 1 aromatic heterocycles. The number of benzene rings is 2. The van der Waals surface area contributed by atoms with Gasteiger partial charge in [0.25, 0.3) is 17.4 Å². The van der Waals surface area contributed by atoms with E-state index in [1.807, 2.05) is 0 Å². The lowest BCUT2D eigenvalue weighted by Crippen LogP contribution is -2.42. The first-order chi connectivity index (χ1) is 13.0. The fourth-order valence-corrected chi connectivity index (χ4v) is 2.43. The quantitative estimate of drug-likeness (QED) is 0.543. The molecule has 0 aliphatic carbocycles. The van der Waals surface area contributed by atoms with E-state index in [9.17, 15) is 18.8 Å². The average Bonchev–Trinajstić information content (AvgIpc) is 2.68. The molecule has 7 nitrogen and oxygen atoms in total. The lowest BCUT2D eigenvalue weighted by molar-refractivity contribution is -0.117. The second-order valence-electron chi connectivity index (χ2n) is 5.65. The summed E-state index contributed by atoms with van der Waals surface area (Å²) >= 11 is 0. The lowest BCUT2D eigenvalue weighted by atomic mass is 10.1. The van der Waals surface area contributed by atoms with Crippen molar-refractivity contribution < 1.29 is 14.0 Å². The van der Waals surface area contributed by atoms with Crippen LogP contribution in [0.5, 0.6) is 0 Å². The van der Waals surface area contributed by atoms with E-state index >= 15 is 0 Å². The Balaban J connectivity index is 1.72. The second-order valence-corrected chi connectivity index (χ2v) is 5.65. The van der Waals surface area contributed by atoms with Gasteiger partial charge in [-0.2, -0.15) is 5.10 Å². The van der Waals surface area contributed by atoms with E-state index in [1.54, 1.807) is 24.3 Å². The zero-order valence-corrected chi connectivity index (χ0v) is 14.3. The Hall–Kier alpha value is -3.81. The summed E-state index contributed by atoms with van der Waals surface area (Å²) in [7, 11) is 1.44. The van der Waals surface area contributed by atoms with Gasteiger partial charge < -0.3 is 0 Å². The van der Waals surface area contributed by atoms with Gasteiger partial charge in [0.2, 0.25) is 0 Å². The Morgan fingerprint density at radius 1 is 1.04 bits per heavy atom. The molecule has 2 amide bonds. The minimum absolute atomic E-state index is 0.00974. The number of hydrogen-bond acceptors (Lipinski definition) is 4. The first kappa shape index (κ1) is 18.0. The van der Waals surface area contributed by atoms with Gasteiger partial charge in [0, 0.05) is 18.5 Å². The highest BCUT2D eigenvalue weighted by atomic mass is 19.1. The average molecular weight is 366 g/mol. The van der Waals surface area contributed by atoms with Crippen LogP contribution in [0.3, 0.4) is 0 Å². The van der Waals surface area contributed by atoms with Crippen molar-refractivity contribution in [3.63, 3.8) is 0 Å². The normalized spacial score (nSPS) is 10.9. The molecule has 0 aliphatic heterocycles. The maximum atomic E-state index is 12.8. The smallest absolute Gasteiger partial charge is 0.268 e. The molecule has 0 saturated carbocycles. The van der Waals surface area contributed by atoms with E-state index < -0.39 is 11.8 Å². The summed E-state index contributed by atoms with van der Waals surface area (Å²) in [5.74, 6) is -1.62. The molecule has 3 rings (SSSR count). The maximum absolute atomic E-state index is 12.8. The predicted molar refractivity (Wildman–Crippen MR) is 98.0 cm³/mol. The molecule has 0 atom stereocenters. The van der Waals surface area contributed by atoms with Gasteiger partial charge in [-0.3, -0.25) is 25.2 Å². The molecule has 3 aromatic rings. The van der Waals surface area contributed by atoms with E-state index in [-0.39, 0.29) is 17.1 Å². The zero-order chi connectivity index (χ0) is 19.4. The Bertz CT molecular complexity index is 1100. The third-order valence-corrected chi connectivity index (χ3v) is 3.77. The summed E-state index contributed by atoms with van der Waals surface area (Å²) in [6.45, 7) is 0. The Morgan fingerprint density at radius 2 is 1.70 bits per heavy atom. The molecule has 2 aromatic carbocycles. The highest BCUT2D eigenvalue weighted by Crippen LogP contribution is 2.12. The number of hydrazine groups is 1.